The topological polar surface area (TPSA) is 88.1 Å². The molecule has 1 atom stereocenters. The minimum atomic E-state index is -3.78. The highest BCUT2D eigenvalue weighted by molar-refractivity contribution is 7.92. The number of carbonyl (C=O) groups excluding carboxylic acids is 1. The molecule has 1 heterocycles. The second kappa shape index (κ2) is 9.46. The molecule has 0 spiro atoms. The van der Waals surface area contributed by atoms with Crippen molar-refractivity contribution < 1.29 is 17.9 Å². The summed E-state index contributed by atoms with van der Waals surface area (Å²) in [6.07, 6.45) is 0.424. The van der Waals surface area contributed by atoms with Gasteiger partial charge in [0.05, 0.1) is 28.9 Å². The molecule has 0 aromatic heterocycles. The summed E-state index contributed by atoms with van der Waals surface area (Å²) < 4.78 is 34.3. The number of hydrogen-bond donors (Lipinski definition) is 1. The first kappa shape index (κ1) is 22.5. The SMILES string of the molecule is CCOc1ccccc1C1CC(c2ccccc2NS(=O)(=O)c2ccccc2)=NN1C(C)=O. The molecule has 3 aromatic rings. The number of carbonyl (C=O) groups is 1. The molecule has 33 heavy (non-hydrogen) atoms. The highest BCUT2D eigenvalue weighted by Gasteiger charge is 2.34. The Labute approximate surface area is 193 Å². The molecule has 0 fully saturated rings. The van der Waals surface area contributed by atoms with Gasteiger partial charge in [0.25, 0.3) is 10.0 Å². The molecule has 0 radical (unpaired) electrons. The number of para-hydroxylation sites is 2. The fourth-order valence-corrected chi connectivity index (χ4v) is 4.98. The Morgan fingerprint density at radius 3 is 2.42 bits per heavy atom. The van der Waals surface area contributed by atoms with Crippen LogP contribution in [0.15, 0.2) is 88.9 Å². The van der Waals surface area contributed by atoms with Crippen LogP contribution in [0.25, 0.3) is 0 Å². The fraction of sp³-hybridized carbons (Fsp3) is 0.200. The predicted molar refractivity (Wildman–Crippen MR) is 128 cm³/mol. The summed E-state index contributed by atoms with van der Waals surface area (Å²) in [5.74, 6) is 0.495. The van der Waals surface area contributed by atoms with Gasteiger partial charge in [0.2, 0.25) is 5.91 Å². The van der Waals surface area contributed by atoms with E-state index in [4.69, 9.17) is 4.74 Å². The van der Waals surface area contributed by atoms with E-state index in [1.165, 1.54) is 24.1 Å². The molecule has 7 nitrogen and oxygen atoms in total. The number of ether oxygens (including phenoxy) is 1. The van der Waals surface area contributed by atoms with E-state index in [2.05, 4.69) is 9.82 Å². The quantitative estimate of drug-likeness (QED) is 0.555. The molecule has 0 aliphatic carbocycles. The fourth-order valence-electron chi connectivity index (χ4n) is 3.88. The summed E-state index contributed by atoms with van der Waals surface area (Å²) in [5, 5.41) is 6.03. The minimum Gasteiger partial charge on any atom is -0.494 e. The van der Waals surface area contributed by atoms with Crippen LogP contribution in [-0.4, -0.2) is 31.7 Å². The van der Waals surface area contributed by atoms with Crippen LogP contribution in [0.5, 0.6) is 5.75 Å². The lowest BCUT2D eigenvalue weighted by Gasteiger charge is -2.22. The smallest absolute Gasteiger partial charge is 0.261 e. The van der Waals surface area contributed by atoms with Gasteiger partial charge in [-0.2, -0.15) is 5.10 Å². The number of nitrogens with zero attached hydrogens (tertiary/aromatic N) is 2. The van der Waals surface area contributed by atoms with Gasteiger partial charge in [-0.05, 0) is 31.2 Å². The van der Waals surface area contributed by atoms with Crippen LogP contribution in [0.4, 0.5) is 5.69 Å². The third-order valence-electron chi connectivity index (χ3n) is 5.35. The van der Waals surface area contributed by atoms with Gasteiger partial charge in [0.1, 0.15) is 5.75 Å². The van der Waals surface area contributed by atoms with E-state index < -0.39 is 10.0 Å². The van der Waals surface area contributed by atoms with Crippen molar-refractivity contribution in [1.29, 1.82) is 0 Å². The second-order valence-electron chi connectivity index (χ2n) is 7.57. The summed E-state index contributed by atoms with van der Waals surface area (Å²) in [6, 6.07) is 22.5. The molecule has 0 bridgehead atoms. The molecule has 4 rings (SSSR count). The van der Waals surface area contributed by atoms with Crippen LogP contribution in [0.2, 0.25) is 0 Å². The Kier molecular flexibility index (Phi) is 6.46. The molecule has 1 amide bonds. The van der Waals surface area contributed by atoms with Gasteiger partial charge in [-0.25, -0.2) is 13.4 Å². The molecule has 1 aliphatic rings. The third-order valence-corrected chi connectivity index (χ3v) is 6.73. The van der Waals surface area contributed by atoms with Crippen molar-refractivity contribution in [2.24, 2.45) is 5.10 Å². The van der Waals surface area contributed by atoms with E-state index in [-0.39, 0.29) is 16.8 Å². The van der Waals surface area contributed by atoms with E-state index >= 15 is 0 Å². The van der Waals surface area contributed by atoms with Gasteiger partial charge in [-0.1, -0.05) is 54.6 Å². The Balaban J connectivity index is 1.70. The van der Waals surface area contributed by atoms with Crippen LogP contribution >= 0.6 is 0 Å². The first-order valence-electron chi connectivity index (χ1n) is 10.7. The molecule has 170 valence electrons. The van der Waals surface area contributed by atoms with Gasteiger partial charge in [0.15, 0.2) is 0 Å². The second-order valence-corrected chi connectivity index (χ2v) is 9.25. The lowest BCUT2D eigenvalue weighted by Crippen LogP contribution is -2.24. The highest BCUT2D eigenvalue weighted by atomic mass is 32.2. The Morgan fingerprint density at radius 2 is 1.70 bits per heavy atom. The molecule has 1 N–H and O–H groups in total. The first-order chi connectivity index (χ1) is 15.9. The number of benzene rings is 3. The largest absolute Gasteiger partial charge is 0.494 e. The molecule has 1 aliphatic heterocycles. The molecule has 1 unspecified atom stereocenters. The maximum atomic E-state index is 12.9. The van der Waals surface area contributed by atoms with Gasteiger partial charge >= 0.3 is 0 Å². The number of amides is 1. The Hall–Kier alpha value is -3.65. The zero-order valence-electron chi connectivity index (χ0n) is 18.4. The number of anilines is 1. The van der Waals surface area contributed by atoms with Crippen molar-refractivity contribution >= 4 is 27.3 Å². The third kappa shape index (κ3) is 4.75. The number of nitrogens with one attached hydrogen (secondary N) is 1. The van der Waals surface area contributed by atoms with E-state index in [1.54, 1.807) is 36.4 Å². The van der Waals surface area contributed by atoms with Crippen molar-refractivity contribution in [2.75, 3.05) is 11.3 Å². The van der Waals surface area contributed by atoms with Crippen molar-refractivity contribution in [1.82, 2.24) is 5.01 Å². The summed E-state index contributed by atoms with van der Waals surface area (Å²) in [6.45, 7) is 3.87. The molecule has 0 saturated heterocycles. The zero-order chi connectivity index (χ0) is 23.4. The summed E-state index contributed by atoms with van der Waals surface area (Å²) in [4.78, 5) is 12.6. The molecule has 8 heteroatoms. The van der Waals surface area contributed by atoms with E-state index in [9.17, 15) is 13.2 Å². The van der Waals surface area contributed by atoms with E-state index in [0.29, 0.717) is 35.7 Å². The molecule has 0 saturated carbocycles. The highest BCUT2D eigenvalue weighted by Crippen LogP contribution is 2.38. The maximum absolute atomic E-state index is 12.9. The van der Waals surface area contributed by atoms with Crippen LogP contribution in [0.3, 0.4) is 0 Å². The van der Waals surface area contributed by atoms with Gasteiger partial charge in [-0.3, -0.25) is 9.52 Å². The number of rotatable bonds is 7. The van der Waals surface area contributed by atoms with Crippen LogP contribution in [-0.2, 0) is 14.8 Å². The Bertz CT molecular complexity index is 1290. The normalized spacial score (nSPS) is 15.8. The van der Waals surface area contributed by atoms with Gasteiger partial charge in [-0.15, -0.1) is 0 Å². The van der Waals surface area contributed by atoms with Crippen molar-refractivity contribution in [3.63, 3.8) is 0 Å². The number of sulfonamides is 1. The maximum Gasteiger partial charge on any atom is 0.261 e. The average molecular weight is 464 g/mol. The first-order valence-corrected chi connectivity index (χ1v) is 12.2. The van der Waals surface area contributed by atoms with Crippen LogP contribution in [0, 0.1) is 0 Å². The molecule has 3 aromatic carbocycles. The molecular weight excluding hydrogens is 438 g/mol. The summed E-state index contributed by atoms with van der Waals surface area (Å²) in [5.41, 5.74) is 2.51. The molecular formula is C25H25N3O4S. The van der Waals surface area contributed by atoms with E-state index in [0.717, 1.165) is 5.56 Å². The van der Waals surface area contributed by atoms with Crippen molar-refractivity contribution in [3.05, 3.63) is 90.0 Å². The van der Waals surface area contributed by atoms with Gasteiger partial charge < -0.3 is 4.74 Å². The number of hydrazone groups is 1. The Morgan fingerprint density at radius 1 is 1.03 bits per heavy atom. The van der Waals surface area contributed by atoms with Crippen molar-refractivity contribution in [3.8, 4) is 5.75 Å². The summed E-state index contributed by atoms with van der Waals surface area (Å²) >= 11 is 0. The average Bonchev–Trinajstić information content (AvgIpc) is 3.26. The lowest BCUT2D eigenvalue weighted by molar-refractivity contribution is -0.130. The van der Waals surface area contributed by atoms with Gasteiger partial charge in [0, 0.05) is 24.5 Å². The lowest BCUT2D eigenvalue weighted by atomic mass is 9.97. The number of hydrogen-bond acceptors (Lipinski definition) is 5. The standard InChI is InChI=1S/C25H25N3O4S/c1-3-32-25-16-10-8-14-21(25)24-17-23(26-28(24)18(2)29)20-13-7-9-15-22(20)27-33(30,31)19-11-5-4-6-12-19/h4-16,24,27H,3,17H2,1-2H3. The van der Waals surface area contributed by atoms with Crippen molar-refractivity contribution in [2.45, 2.75) is 31.2 Å². The van der Waals surface area contributed by atoms with Crippen LogP contribution in [0.1, 0.15) is 37.4 Å². The predicted octanol–water partition coefficient (Wildman–Crippen LogP) is 4.58. The van der Waals surface area contributed by atoms with Crippen LogP contribution < -0.4 is 9.46 Å². The van der Waals surface area contributed by atoms with E-state index in [1.807, 2.05) is 37.3 Å². The zero-order valence-corrected chi connectivity index (χ0v) is 19.2. The monoisotopic (exact) mass is 463 g/mol. The summed E-state index contributed by atoms with van der Waals surface area (Å²) in [7, 11) is -3.78. The minimum absolute atomic E-state index is 0.169.